The van der Waals surface area contributed by atoms with Crippen molar-refractivity contribution in [2.45, 2.75) is 82.5 Å². The number of nitro groups is 1. The second kappa shape index (κ2) is 9.68. The van der Waals surface area contributed by atoms with Gasteiger partial charge in [-0.25, -0.2) is 4.98 Å². The number of halogens is 1. The Hall–Kier alpha value is -1.41. The Morgan fingerprint density at radius 3 is 2.52 bits per heavy atom. The van der Waals surface area contributed by atoms with E-state index in [1.54, 1.807) is 20.8 Å². The Kier molecular flexibility index (Phi) is 8.48. The highest BCUT2D eigenvalue weighted by Crippen LogP contribution is 2.29. The van der Waals surface area contributed by atoms with Crippen LogP contribution in [0, 0.1) is 10.1 Å². The molecule has 7 nitrogen and oxygen atoms in total. The lowest BCUT2D eigenvalue weighted by Crippen LogP contribution is -2.35. The van der Waals surface area contributed by atoms with E-state index in [-0.39, 0.29) is 12.2 Å². The average molecular weight is 403 g/mol. The highest BCUT2D eigenvalue weighted by Gasteiger charge is 2.30. The molecule has 1 heterocycles. The van der Waals surface area contributed by atoms with Gasteiger partial charge in [-0.15, -0.1) is 11.6 Å². The number of aromatic amines is 1. The number of alkyl halides is 1. The van der Waals surface area contributed by atoms with Crippen molar-refractivity contribution in [3.05, 3.63) is 39.6 Å². The van der Waals surface area contributed by atoms with Crippen molar-refractivity contribution in [2.75, 3.05) is 0 Å². The summed E-state index contributed by atoms with van der Waals surface area (Å²) in [5, 5.41) is 40.7. The Morgan fingerprint density at radius 2 is 2.00 bits per heavy atom. The topological polar surface area (TPSA) is 120 Å². The van der Waals surface area contributed by atoms with Gasteiger partial charge in [0.05, 0.1) is 28.9 Å². The van der Waals surface area contributed by atoms with Gasteiger partial charge in [-0.2, -0.15) is 0 Å². The fourth-order valence-electron chi connectivity index (χ4n) is 2.67. The van der Waals surface area contributed by atoms with Crippen LogP contribution in [0.5, 0.6) is 0 Å². The lowest BCUT2D eigenvalue weighted by atomic mass is 9.92. The quantitative estimate of drug-likeness (QED) is 0.195. The molecule has 0 saturated carbocycles. The van der Waals surface area contributed by atoms with E-state index in [1.807, 2.05) is 13.0 Å². The average Bonchev–Trinajstić information content (AvgIpc) is 3.00. The number of hydrogen-bond donors (Lipinski definition) is 4. The Labute approximate surface area is 165 Å². The summed E-state index contributed by atoms with van der Waals surface area (Å²) in [6.45, 7) is 6.87. The first-order chi connectivity index (χ1) is 12.3. The minimum Gasteiger partial charge on any atom is -0.391 e. The highest BCUT2D eigenvalue weighted by molar-refractivity contribution is 6.24. The second-order valence-electron chi connectivity index (χ2n) is 7.95. The Morgan fingerprint density at radius 1 is 1.37 bits per heavy atom. The fourth-order valence-corrected chi connectivity index (χ4v) is 2.86. The summed E-state index contributed by atoms with van der Waals surface area (Å²) in [7, 11) is 0. The first-order valence-electron chi connectivity index (χ1n) is 9.07. The molecule has 4 N–H and O–H groups in total. The number of allylic oxidation sites excluding steroid dienone is 2. The van der Waals surface area contributed by atoms with E-state index in [1.165, 1.54) is 12.3 Å². The predicted molar refractivity (Wildman–Crippen MR) is 106 cm³/mol. The summed E-state index contributed by atoms with van der Waals surface area (Å²) in [5.41, 5.74) is 0.599. The lowest BCUT2D eigenvalue weighted by molar-refractivity contribution is -0.389. The predicted octanol–water partition coefficient (Wildman–Crippen LogP) is 3.46. The van der Waals surface area contributed by atoms with E-state index < -0.39 is 27.6 Å². The van der Waals surface area contributed by atoms with Gasteiger partial charge in [0, 0.05) is 18.1 Å². The van der Waals surface area contributed by atoms with Crippen LogP contribution in [0.2, 0.25) is 0 Å². The number of nitrogens with zero attached hydrogens (tertiary/aromatic N) is 1. The molecule has 3 atom stereocenters. The van der Waals surface area contributed by atoms with Gasteiger partial charge in [0.2, 0.25) is 0 Å². The van der Waals surface area contributed by atoms with E-state index in [0.717, 1.165) is 5.57 Å². The van der Waals surface area contributed by atoms with Crippen LogP contribution >= 0.6 is 11.6 Å². The monoisotopic (exact) mass is 402 g/mol. The maximum absolute atomic E-state index is 10.7. The van der Waals surface area contributed by atoms with E-state index in [4.69, 9.17) is 11.6 Å². The summed E-state index contributed by atoms with van der Waals surface area (Å²) >= 11 is 6.48. The first-order valence-corrected chi connectivity index (χ1v) is 9.45. The second-order valence-corrected chi connectivity index (χ2v) is 8.81. The van der Waals surface area contributed by atoms with Crippen LogP contribution in [0.3, 0.4) is 0 Å². The van der Waals surface area contributed by atoms with Crippen LogP contribution in [0.15, 0.2) is 23.9 Å². The smallest absolute Gasteiger partial charge is 0.321 e. The largest absolute Gasteiger partial charge is 0.391 e. The molecular weight excluding hydrogens is 372 g/mol. The van der Waals surface area contributed by atoms with E-state index in [0.29, 0.717) is 31.2 Å². The van der Waals surface area contributed by atoms with Crippen molar-refractivity contribution in [1.82, 2.24) is 4.98 Å². The van der Waals surface area contributed by atoms with Crippen LogP contribution in [-0.2, 0) is 6.42 Å². The molecule has 0 aliphatic heterocycles. The van der Waals surface area contributed by atoms with Crippen molar-refractivity contribution in [2.24, 2.45) is 0 Å². The van der Waals surface area contributed by atoms with Gasteiger partial charge in [0.1, 0.15) is 0 Å². The van der Waals surface area contributed by atoms with Gasteiger partial charge in [-0.3, -0.25) is 0 Å². The van der Waals surface area contributed by atoms with Crippen molar-refractivity contribution in [1.29, 1.82) is 0 Å². The molecule has 154 valence electrons. The molecule has 0 unspecified atom stereocenters. The molecule has 0 amide bonds. The molecule has 8 heteroatoms. The van der Waals surface area contributed by atoms with Crippen molar-refractivity contribution < 1.29 is 20.2 Å². The standard InChI is InChI=1S/C19H31ClN2O5/c1-13(7-8-15(23)18(2,3)25)6-5-9-19(4,20)16(24)10-14-11-17(21-12-14)22(26)27/h6,11-12,15-16,21,23-25H,5,7-10H2,1-4H3/b13-6+/t15-,16-,19-/m1/s1. The molecule has 1 rings (SSSR count). The molecule has 0 spiro atoms. The third-order valence-electron chi connectivity index (χ3n) is 4.80. The van der Waals surface area contributed by atoms with Crippen molar-refractivity contribution >= 4 is 17.4 Å². The van der Waals surface area contributed by atoms with Gasteiger partial charge in [-0.1, -0.05) is 11.6 Å². The number of nitrogens with one attached hydrogen (secondary N) is 1. The summed E-state index contributed by atoms with van der Waals surface area (Å²) in [6.07, 6.45) is 4.45. The molecule has 0 saturated heterocycles. The van der Waals surface area contributed by atoms with Crippen molar-refractivity contribution in [3.8, 4) is 0 Å². The molecule has 27 heavy (non-hydrogen) atoms. The minimum absolute atomic E-state index is 0.111. The number of H-pyrrole nitrogens is 1. The third-order valence-corrected chi connectivity index (χ3v) is 5.24. The van der Waals surface area contributed by atoms with Crippen LogP contribution in [0.25, 0.3) is 0 Å². The molecule has 0 bridgehead atoms. The molecule has 0 aliphatic carbocycles. The Balaban J connectivity index is 2.49. The van der Waals surface area contributed by atoms with E-state index >= 15 is 0 Å². The lowest BCUT2D eigenvalue weighted by Gasteiger charge is -2.27. The number of aliphatic hydroxyl groups is 3. The van der Waals surface area contributed by atoms with Crippen LogP contribution in [-0.4, -0.2) is 47.9 Å². The van der Waals surface area contributed by atoms with Gasteiger partial charge < -0.3 is 25.4 Å². The number of hydrogen-bond acceptors (Lipinski definition) is 5. The van der Waals surface area contributed by atoms with Crippen LogP contribution in [0.4, 0.5) is 5.82 Å². The minimum atomic E-state index is -1.12. The zero-order valence-electron chi connectivity index (χ0n) is 16.4. The third kappa shape index (κ3) is 8.01. The summed E-state index contributed by atoms with van der Waals surface area (Å²) in [4.78, 5) is 11.9. The SMILES string of the molecule is C/C(=C\CC[C@@](C)(Cl)[C@H](O)Cc1c[nH]c([N+](=O)[O-])c1)CC[C@@H](O)C(C)(C)O. The molecule has 0 aromatic carbocycles. The number of rotatable bonds is 11. The molecule has 0 fully saturated rings. The zero-order chi connectivity index (χ0) is 20.8. The number of aliphatic hydroxyl groups excluding tert-OH is 2. The van der Waals surface area contributed by atoms with Crippen LogP contribution in [0.1, 0.15) is 58.9 Å². The highest BCUT2D eigenvalue weighted by atomic mass is 35.5. The molecule has 0 radical (unpaired) electrons. The van der Waals surface area contributed by atoms with Gasteiger partial charge >= 0.3 is 5.82 Å². The van der Waals surface area contributed by atoms with E-state index in [2.05, 4.69) is 4.98 Å². The normalized spacial score (nSPS) is 17.4. The summed E-state index contributed by atoms with van der Waals surface area (Å²) in [6, 6.07) is 1.40. The maximum atomic E-state index is 10.7. The van der Waals surface area contributed by atoms with Crippen molar-refractivity contribution in [3.63, 3.8) is 0 Å². The van der Waals surface area contributed by atoms with E-state index in [9.17, 15) is 25.4 Å². The Bertz CT molecular complexity index is 649. The fraction of sp³-hybridized carbons (Fsp3) is 0.684. The number of aromatic nitrogens is 1. The molecular formula is C19H31ClN2O5. The first kappa shape index (κ1) is 23.6. The molecule has 0 aliphatic rings. The van der Waals surface area contributed by atoms with Gasteiger partial charge in [0.25, 0.3) is 0 Å². The summed E-state index contributed by atoms with van der Waals surface area (Å²) < 4.78 is 0. The zero-order valence-corrected chi connectivity index (χ0v) is 17.2. The molecule has 1 aromatic rings. The summed E-state index contributed by atoms with van der Waals surface area (Å²) in [5.74, 6) is -0.111. The van der Waals surface area contributed by atoms with Gasteiger partial charge in [-0.05, 0) is 58.3 Å². The molecule has 1 aromatic heterocycles. The van der Waals surface area contributed by atoms with Gasteiger partial charge in [0.15, 0.2) is 0 Å². The van der Waals surface area contributed by atoms with Crippen LogP contribution < -0.4 is 0 Å². The maximum Gasteiger partial charge on any atom is 0.321 e.